The van der Waals surface area contributed by atoms with E-state index in [9.17, 15) is 4.79 Å². The molecule has 1 heterocycles. The molecule has 1 aromatic heterocycles. The topological polar surface area (TPSA) is 132 Å². The third-order valence-electron chi connectivity index (χ3n) is 2.22. The smallest absolute Gasteiger partial charge is 0.323 e. The van der Waals surface area contributed by atoms with E-state index < -0.39 is 5.91 Å². The number of carbonyl (C=O) groups excluding carboxylic acids is 1. The summed E-state index contributed by atoms with van der Waals surface area (Å²) < 4.78 is 5.25. The summed E-state index contributed by atoms with van der Waals surface area (Å²) >= 11 is 0. The molecule has 0 aliphatic carbocycles. The molecule has 0 aliphatic rings. The van der Waals surface area contributed by atoms with Crippen molar-refractivity contribution in [3.63, 3.8) is 0 Å². The summed E-state index contributed by atoms with van der Waals surface area (Å²) in [6, 6.07) is 0.142. The summed E-state index contributed by atoms with van der Waals surface area (Å²) in [6.07, 6.45) is 0. The summed E-state index contributed by atoms with van der Waals surface area (Å²) in [5.41, 5.74) is 7.59. The zero-order valence-electron chi connectivity index (χ0n) is 12.0. The Morgan fingerprint density at radius 3 is 2.60 bits per heavy atom. The second kappa shape index (κ2) is 7.43. The number of rotatable bonds is 8. The van der Waals surface area contributed by atoms with E-state index in [1.807, 2.05) is 20.8 Å². The predicted molar refractivity (Wildman–Crippen MR) is 75.1 cm³/mol. The molecular weight excluding hydrogens is 262 g/mol. The summed E-state index contributed by atoms with van der Waals surface area (Å²) in [5, 5.41) is 0. The minimum atomic E-state index is -0.466. The normalized spacial score (nSPS) is 10.4. The maximum absolute atomic E-state index is 11.2. The van der Waals surface area contributed by atoms with Gasteiger partial charge in [-0.1, -0.05) is 13.8 Å². The first-order chi connectivity index (χ1) is 9.46. The first-order valence-corrected chi connectivity index (χ1v) is 6.35. The van der Waals surface area contributed by atoms with Gasteiger partial charge in [0, 0.05) is 6.54 Å². The van der Waals surface area contributed by atoms with Gasteiger partial charge in [0.15, 0.2) is 0 Å². The molecular formula is C11H21N7O2. The molecule has 9 nitrogen and oxygen atoms in total. The van der Waals surface area contributed by atoms with E-state index in [-0.39, 0.29) is 18.5 Å². The highest BCUT2D eigenvalue weighted by atomic mass is 16.5. The highest BCUT2D eigenvalue weighted by Crippen LogP contribution is 2.15. The number of hydrogen-bond donors (Lipinski definition) is 3. The largest absolute Gasteiger partial charge is 0.464 e. The number of anilines is 2. The molecule has 0 unspecified atom stereocenters. The van der Waals surface area contributed by atoms with Gasteiger partial charge in [-0.05, 0) is 12.8 Å². The Hall–Kier alpha value is -2.16. The number of nitrogens with zero attached hydrogens (tertiary/aromatic N) is 4. The van der Waals surface area contributed by atoms with E-state index in [4.69, 9.17) is 16.3 Å². The standard InChI is InChI=1S/C11H21N7O2/c1-4-20-11-15-9(17-13)14-10(16-11)18(5-7(2)3)6-8(12)19/h7H,4-6,13H2,1-3H3,(H2,12,19)(H,14,15,16,17). The van der Waals surface area contributed by atoms with Crippen LogP contribution in [0.1, 0.15) is 20.8 Å². The van der Waals surface area contributed by atoms with E-state index in [1.54, 1.807) is 4.90 Å². The molecule has 9 heteroatoms. The molecule has 0 saturated heterocycles. The summed E-state index contributed by atoms with van der Waals surface area (Å²) in [7, 11) is 0. The van der Waals surface area contributed by atoms with Crippen LogP contribution >= 0.6 is 0 Å². The molecule has 20 heavy (non-hydrogen) atoms. The first kappa shape index (κ1) is 15.9. The molecule has 112 valence electrons. The fourth-order valence-electron chi connectivity index (χ4n) is 1.59. The number of primary amides is 1. The average molecular weight is 283 g/mol. The second-order valence-electron chi connectivity index (χ2n) is 4.56. The Morgan fingerprint density at radius 2 is 2.10 bits per heavy atom. The van der Waals surface area contributed by atoms with Crippen molar-refractivity contribution in [3.05, 3.63) is 0 Å². The second-order valence-corrected chi connectivity index (χ2v) is 4.56. The number of ether oxygens (including phenoxy) is 1. The van der Waals surface area contributed by atoms with Crippen LogP contribution in [-0.4, -0.2) is 40.6 Å². The van der Waals surface area contributed by atoms with Gasteiger partial charge >= 0.3 is 6.01 Å². The van der Waals surface area contributed by atoms with Gasteiger partial charge in [0.05, 0.1) is 13.2 Å². The van der Waals surface area contributed by atoms with Gasteiger partial charge in [0.2, 0.25) is 17.8 Å². The van der Waals surface area contributed by atoms with Crippen molar-refractivity contribution in [1.29, 1.82) is 0 Å². The lowest BCUT2D eigenvalue weighted by Gasteiger charge is -2.23. The maximum Gasteiger partial charge on any atom is 0.323 e. The van der Waals surface area contributed by atoms with Crippen molar-refractivity contribution in [3.8, 4) is 6.01 Å². The predicted octanol–water partition coefficient (Wildman–Crippen LogP) is -0.496. The van der Waals surface area contributed by atoms with Crippen LogP contribution in [0.25, 0.3) is 0 Å². The SMILES string of the molecule is CCOc1nc(NN)nc(N(CC(N)=O)CC(C)C)n1. The fraction of sp³-hybridized carbons (Fsp3) is 0.636. The van der Waals surface area contributed by atoms with Crippen LogP contribution in [0.2, 0.25) is 0 Å². The number of carbonyl (C=O) groups is 1. The molecule has 0 radical (unpaired) electrons. The highest BCUT2D eigenvalue weighted by molar-refractivity contribution is 5.78. The Bertz CT molecular complexity index is 452. The lowest BCUT2D eigenvalue weighted by Crippen LogP contribution is -2.37. The van der Waals surface area contributed by atoms with E-state index in [0.29, 0.717) is 25.0 Å². The molecule has 1 aromatic rings. The zero-order chi connectivity index (χ0) is 15.1. The highest BCUT2D eigenvalue weighted by Gasteiger charge is 2.17. The average Bonchev–Trinajstić information content (AvgIpc) is 2.37. The van der Waals surface area contributed by atoms with Crippen molar-refractivity contribution in [1.82, 2.24) is 15.0 Å². The van der Waals surface area contributed by atoms with Crippen molar-refractivity contribution in [2.45, 2.75) is 20.8 Å². The van der Waals surface area contributed by atoms with E-state index in [0.717, 1.165) is 0 Å². The number of amides is 1. The molecule has 0 bridgehead atoms. The van der Waals surface area contributed by atoms with E-state index >= 15 is 0 Å². The number of nitrogens with one attached hydrogen (secondary N) is 1. The van der Waals surface area contributed by atoms with Crippen LogP contribution in [0.15, 0.2) is 0 Å². The number of nitrogens with two attached hydrogens (primary N) is 2. The van der Waals surface area contributed by atoms with E-state index in [1.165, 1.54) is 0 Å². The number of hydrazine groups is 1. The molecule has 0 atom stereocenters. The lowest BCUT2D eigenvalue weighted by molar-refractivity contribution is -0.116. The molecule has 5 N–H and O–H groups in total. The quantitative estimate of drug-likeness (QED) is 0.430. The van der Waals surface area contributed by atoms with Crippen LogP contribution in [0.4, 0.5) is 11.9 Å². The molecule has 1 rings (SSSR count). The number of nitrogen functional groups attached to an aromatic ring is 1. The van der Waals surface area contributed by atoms with Crippen LogP contribution in [0, 0.1) is 5.92 Å². The maximum atomic E-state index is 11.2. The summed E-state index contributed by atoms with van der Waals surface area (Å²) in [4.78, 5) is 25.1. The molecule has 1 amide bonds. The van der Waals surface area contributed by atoms with Crippen LogP contribution in [0.5, 0.6) is 6.01 Å². The molecule has 0 aromatic carbocycles. The van der Waals surface area contributed by atoms with Crippen molar-refractivity contribution >= 4 is 17.8 Å². The Balaban J connectivity index is 3.09. The van der Waals surface area contributed by atoms with Gasteiger partial charge in [-0.15, -0.1) is 0 Å². The van der Waals surface area contributed by atoms with Gasteiger partial charge < -0.3 is 15.4 Å². The Kier molecular flexibility index (Phi) is 5.91. The molecule has 0 spiro atoms. The Labute approximate surface area is 117 Å². The summed E-state index contributed by atoms with van der Waals surface area (Å²) in [6.45, 7) is 6.84. The Morgan fingerprint density at radius 1 is 1.40 bits per heavy atom. The zero-order valence-corrected chi connectivity index (χ0v) is 12.0. The molecule has 0 saturated carbocycles. The van der Waals surface area contributed by atoms with Crippen LogP contribution in [-0.2, 0) is 4.79 Å². The van der Waals surface area contributed by atoms with Gasteiger partial charge in [0.1, 0.15) is 0 Å². The van der Waals surface area contributed by atoms with Crippen molar-refractivity contribution in [2.75, 3.05) is 30.0 Å². The first-order valence-electron chi connectivity index (χ1n) is 6.35. The van der Waals surface area contributed by atoms with Gasteiger partial charge in [-0.2, -0.15) is 15.0 Å². The molecule has 0 fully saturated rings. The third kappa shape index (κ3) is 4.84. The van der Waals surface area contributed by atoms with Gasteiger partial charge in [-0.25, -0.2) is 5.84 Å². The van der Waals surface area contributed by atoms with Crippen LogP contribution in [0.3, 0.4) is 0 Å². The molecule has 0 aliphatic heterocycles. The lowest BCUT2D eigenvalue weighted by atomic mass is 10.2. The third-order valence-corrected chi connectivity index (χ3v) is 2.22. The van der Waals surface area contributed by atoms with Crippen LogP contribution < -0.4 is 26.6 Å². The van der Waals surface area contributed by atoms with Gasteiger partial charge in [-0.3, -0.25) is 10.2 Å². The minimum absolute atomic E-state index is 0.0117. The van der Waals surface area contributed by atoms with Gasteiger partial charge in [0.25, 0.3) is 0 Å². The minimum Gasteiger partial charge on any atom is -0.464 e. The number of aromatic nitrogens is 3. The van der Waals surface area contributed by atoms with E-state index in [2.05, 4.69) is 20.4 Å². The fourth-order valence-corrected chi connectivity index (χ4v) is 1.59. The number of hydrogen-bond acceptors (Lipinski definition) is 8. The monoisotopic (exact) mass is 283 g/mol. The summed E-state index contributed by atoms with van der Waals surface area (Å²) in [5.74, 6) is 5.61. The van der Waals surface area contributed by atoms with Crippen molar-refractivity contribution < 1.29 is 9.53 Å². The van der Waals surface area contributed by atoms with Crippen molar-refractivity contribution in [2.24, 2.45) is 17.5 Å².